The second-order valence-corrected chi connectivity index (χ2v) is 12.6. The van der Waals surface area contributed by atoms with Crippen LogP contribution in [0.1, 0.15) is 55.0 Å². The molecule has 2 aliphatic rings. The Balaban J connectivity index is 1.49. The molecule has 2 N–H and O–H groups in total. The Morgan fingerprint density at radius 2 is 1.92 bits per heavy atom. The van der Waals surface area contributed by atoms with E-state index >= 15 is 0 Å². The van der Waals surface area contributed by atoms with Gasteiger partial charge in [0, 0.05) is 35.6 Å². The lowest BCUT2D eigenvalue weighted by Crippen LogP contribution is -2.31. The van der Waals surface area contributed by atoms with Gasteiger partial charge in [-0.3, -0.25) is 13.9 Å². The van der Waals surface area contributed by atoms with Crippen molar-refractivity contribution in [3.8, 4) is 17.0 Å². The van der Waals surface area contributed by atoms with E-state index in [0.717, 1.165) is 27.9 Å². The summed E-state index contributed by atoms with van der Waals surface area (Å²) in [6.45, 7) is 3.76. The predicted molar refractivity (Wildman–Crippen MR) is 146 cm³/mol. The molecule has 2 fully saturated rings. The zero-order valence-corrected chi connectivity index (χ0v) is 22.7. The highest BCUT2D eigenvalue weighted by molar-refractivity contribution is 8.24. The SMILES string of the molecule is COc1ncc(N2C(=O)CC[C@H]2c2nc3cc(-c4c(C)noc4C)ccc3n2C2CCS(O)(O)CC2)cc1F. The van der Waals surface area contributed by atoms with E-state index in [1.807, 2.05) is 32.0 Å². The lowest BCUT2D eigenvalue weighted by Gasteiger charge is -2.40. The number of methoxy groups -OCH3 is 1. The van der Waals surface area contributed by atoms with Gasteiger partial charge in [0.1, 0.15) is 11.6 Å². The number of halogens is 1. The minimum Gasteiger partial charge on any atom is -0.479 e. The Bertz CT molecular complexity index is 1550. The molecule has 0 radical (unpaired) electrons. The maximum absolute atomic E-state index is 14.6. The van der Waals surface area contributed by atoms with Crippen molar-refractivity contribution in [3.63, 3.8) is 0 Å². The monoisotopic (exact) mass is 555 g/mol. The number of fused-ring (bicyclic) bond motifs is 1. The Morgan fingerprint density at radius 1 is 1.15 bits per heavy atom. The zero-order valence-electron chi connectivity index (χ0n) is 21.9. The van der Waals surface area contributed by atoms with Crippen LogP contribution in [0.25, 0.3) is 22.2 Å². The first kappa shape index (κ1) is 25.8. The van der Waals surface area contributed by atoms with E-state index < -0.39 is 22.4 Å². The number of carbonyl (C=O) groups excluding carboxylic acids is 1. The maximum Gasteiger partial charge on any atom is 0.250 e. The summed E-state index contributed by atoms with van der Waals surface area (Å²) in [7, 11) is -1.25. The molecule has 0 bridgehead atoms. The van der Waals surface area contributed by atoms with Crippen LogP contribution in [0.15, 0.2) is 35.0 Å². The fourth-order valence-corrected chi connectivity index (χ4v) is 7.39. The van der Waals surface area contributed by atoms with Gasteiger partial charge in [-0.1, -0.05) is 11.2 Å². The third-order valence-corrected chi connectivity index (χ3v) is 9.51. The molecule has 1 atom stereocenters. The lowest BCUT2D eigenvalue weighted by atomic mass is 10.0. The Hall–Kier alpha value is -3.48. The molecule has 206 valence electrons. The Labute approximate surface area is 226 Å². The molecule has 12 heteroatoms. The summed E-state index contributed by atoms with van der Waals surface area (Å²) >= 11 is 0. The van der Waals surface area contributed by atoms with Crippen molar-refractivity contribution in [3.05, 3.63) is 53.6 Å². The van der Waals surface area contributed by atoms with Gasteiger partial charge in [-0.15, -0.1) is 0 Å². The molecule has 0 spiro atoms. The van der Waals surface area contributed by atoms with Gasteiger partial charge in [0.2, 0.25) is 11.8 Å². The number of amides is 1. The molecule has 0 aliphatic carbocycles. The van der Waals surface area contributed by atoms with Crippen LogP contribution < -0.4 is 9.64 Å². The summed E-state index contributed by atoms with van der Waals surface area (Å²) in [5.74, 6) is 1.10. The summed E-state index contributed by atoms with van der Waals surface area (Å²) in [5, 5.41) is 4.08. The second kappa shape index (κ2) is 9.61. The normalized spacial score (nSPS) is 20.6. The van der Waals surface area contributed by atoms with Gasteiger partial charge >= 0.3 is 0 Å². The molecule has 0 unspecified atom stereocenters. The van der Waals surface area contributed by atoms with Crippen LogP contribution in [0.4, 0.5) is 10.1 Å². The summed E-state index contributed by atoms with van der Waals surface area (Å²) in [6, 6.07) is 6.81. The Morgan fingerprint density at radius 3 is 2.59 bits per heavy atom. The first-order chi connectivity index (χ1) is 18.7. The molecule has 3 aromatic heterocycles. The minimum absolute atomic E-state index is 0.0295. The third kappa shape index (κ3) is 4.46. The van der Waals surface area contributed by atoms with Gasteiger partial charge in [-0.25, -0.2) is 14.4 Å². The summed E-state index contributed by atoms with van der Waals surface area (Å²) in [4.78, 5) is 23.8. The number of pyridine rings is 1. The second-order valence-electron chi connectivity index (χ2n) is 10.2. The van der Waals surface area contributed by atoms with E-state index in [9.17, 15) is 18.3 Å². The van der Waals surface area contributed by atoms with Gasteiger partial charge in [0.15, 0.2) is 5.82 Å². The molecular formula is C27H30FN5O5S. The van der Waals surface area contributed by atoms with Crippen molar-refractivity contribution in [2.75, 3.05) is 23.5 Å². The van der Waals surface area contributed by atoms with E-state index in [1.54, 1.807) is 4.90 Å². The lowest BCUT2D eigenvalue weighted by molar-refractivity contribution is -0.117. The first-order valence-corrected chi connectivity index (χ1v) is 14.8. The van der Waals surface area contributed by atoms with E-state index in [0.29, 0.717) is 48.0 Å². The van der Waals surface area contributed by atoms with Crippen LogP contribution in [0.5, 0.6) is 5.88 Å². The summed E-state index contributed by atoms with van der Waals surface area (Å²) in [5.41, 5.74) is 4.60. The molecule has 1 amide bonds. The van der Waals surface area contributed by atoms with E-state index in [1.165, 1.54) is 19.4 Å². The molecule has 1 aromatic carbocycles. The first-order valence-electron chi connectivity index (χ1n) is 12.9. The van der Waals surface area contributed by atoms with E-state index in [-0.39, 0.29) is 24.2 Å². The predicted octanol–water partition coefficient (Wildman–Crippen LogP) is 5.80. The minimum atomic E-state index is -2.59. The number of carbonyl (C=O) groups is 1. The Kier molecular flexibility index (Phi) is 6.35. The quantitative estimate of drug-likeness (QED) is 0.316. The van der Waals surface area contributed by atoms with Crippen LogP contribution in [-0.4, -0.2) is 53.3 Å². The molecule has 2 aliphatic heterocycles. The smallest absolute Gasteiger partial charge is 0.250 e. The van der Waals surface area contributed by atoms with Crippen molar-refractivity contribution in [2.45, 2.75) is 51.6 Å². The van der Waals surface area contributed by atoms with E-state index in [2.05, 4.69) is 14.7 Å². The molecule has 4 aromatic rings. The van der Waals surface area contributed by atoms with Crippen molar-refractivity contribution >= 4 is 33.2 Å². The van der Waals surface area contributed by atoms with Crippen LogP contribution in [0.2, 0.25) is 0 Å². The molecular weight excluding hydrogens is 525 g/mol. The largest absolute Gasteiger partial charge is 0.479 e. The van der Waals surface area contributed by atoms with Crippen LogP contribution in [0.3, 0.4) is 0 Å². The fourth-order valence-electron chi connectivity index (χ4n) is 5.89. The number of benzene rings is 1. The van der Waals surface area contributed by atoms with E-state index in [4.69, 9.17) is 14.2 Å². The highest BCUT2D eigenvalue weighted by Crippen LogP contribution is 2.49. The summed E-state index contributed by atoms with van der Waals surface area (Å²) in [6.07, 6.45) is 3.39. The van der Waals surface area contributed by atoms with Crippen LogP contribution >= 0.6 is 10.6 Å². The number of aromatic nitrogens is 4. The van der Waals surface area contributed by atoms with Gasteiger partial charge < -0.3 is 18.7 Å². The standard InChI is InChI=1S/C27H30FN5O5S/c1-15-25(16(2)38-31-15)17-4-5-22-21(12-17)30-26(33(22)18-8-10-39(35,36)11-9-18)23-6-7-24(34)32(23)19-13-20(28)27(37-3)29-14-19/h4-5,12-14,18,23,35-36H,6-11H2,1-3H3/t23-/m0/s1. The maximum atomic E-state index is 14.6. The van der Waals surface area contributed by atoms with Crippen molar-refractivity contribution in [2.24, 2.45) is 0 Å². The topological polar surface area (TPSA) is 127 Å². The van der Waals surface area contributed by atoms with Crippen molar-refractivity contribution in [1.82, 2.24) is 19.7 Å². The van der Waals surface area contributed by atoms with Gasteiger partial charge in [-0.2, -0.15) is 10.6 Å². The van der Waals surface area contributed by atoms with Gasteiger partial charge in [-0.05, 0) is 50.8 Å². The number of hydrogen-bond donors (Lipinski definition) is 2. The number of rotatable bonds is 5. The van der Waals surface area contributed by atoms with Crippen LogP contribution in [0, 0.1) is 19.7 Å². The number of ether oxygens (including phenoxy) is 1. The molecule has 6 rings (SSSR count). The van der Waals surface area contributed by atoms with Gasteiger partial charge in [0.25, 0.3) is 0 Å². The fraction of sp³-hybridized carbons (Fsp3) is 0.407. The highest BCUT2D eigenvalue weighted by Gasteiger charge is 2.39. The van der Waals surface area contributed by atoms with Crippen molar-refractivity contribution < 1.29 is 27.6 Å². The van der Waals surface area contributed by atoms with Gasteiger partial charge in [0.05, 0.1) is 41.8 Å². The van der Waals surface area contributed by atoms with Crippen LogP contribution in [-0.2, 0) is 4.79 Å². The third-order valence-electron chi connectivity index (χ3n) is 7.73. The molecule has 5 heterocycles. The highest BCUT2D eigenvalue weighted by atomic mass is 32.3. The zero-order chi connectivity index (χ0) is 27.5. The molecule has 39 heavy (non-hydrogen) atoms. The summed E-state index contributed by atoms with van der Waals surface area (Å²) < 4.78 is 47.6. The van der Waals surface area contributed by atoms with Crippen molar-refractivity contribution in [1.29, 1.82) is 0 Å². The number of imidazole rings is 1. The molecule has 2 saturated heterocycles. The number of nitrogens with zero attached hydrogens (tertiary/aromatic N) is 5. The number of hydrogen-bond acceptors (Lipinski definition) is 8. The molecule has 10 nitrogen and oxygen atoms in total. The number of anilines is 1. The average Bonchev–Trinajstić information content (AvgIpc) is 3.57. The molecule has 0 saturated carbocycles. The average molecular weight is 556 g/mol. The number of aryl methyl sites for hydroxylation is 2.